The van der Waals surface area contributed by atoms with E-state index in [0.29, 0.717) is 21.8 Å². The maximum absolute atomic E-state index is 11.1. The highest BCUT2D eigenvalue weighted by atomic mass is 32.2. The number of carboxylic acid groups (broad SMARTS) is 2. The van der Waals surface area contributed by atoms with Crippen LogP contribution in [0.4, 0.5) is 0 Å². The van der Waals surface area contributed by atoms with Crippen molar-refractivity contribution in [2.45, 2.75) is 11.6 Å². The molecule has 1 aromatic heterocycles. The lowest BCUT2D eigenvalue weighted by Crippen LogP contribution is -2.20. The fraction of sp³-hybridized carbons (Fsp3) is 0.231. The van der Waals surface area contributed by atoms with Crippen LogP contribution >= 0.6 is 11.8 Å². The Hall–Kier alpha value is -2.55. The summed E-state index contributed by atoms with van der Waals surface area (Å²) in [4.78, 5) is 39.9. The number of amides is 1. The van der Waals surface area contributed by atoms with Gasteiger partial charge in [0.25, 0.3) is 0 Å². The topological polar surface area (TPSA) is 146 Å². The fourth-order valence-corrected chi connectivity index (χ4v) is 2.78. The van der Waals surface area contributed by atoms with Crippen molar-refractivity contribution < 1.29 is 24.6 Å². The van der Waals surface area contributed by atoms with Crippen molar-refractivity contribution in [1.29, 1.82) is 0 Å². The molecule has 0 fully saturated rings. The molecular formula is C13H13N3O5S. The Bertz CT molecular complexity index is 742. The van der Waals surface area contributed by atoms with E-state index in [0.717, 1.165) is 11.8 Å². The largest absolute Gasteiger partial charge is 0.481 e. The van der Waals surface area contributed by atoms with Crippen LogP contribution in [0.15, 0.2) is 23.4 Å². The number of carbonyl (C=O) groups is 3. The minimum atomic E-state index is -1.16. The number of nitrogens with one attached hydrogen (secondary N) is 1. The summed E-state index contributed by atoms with van der Waals surface area (Å²) in [7, 11) is 0. The molecule has 1 aromatic carbocycles. The number of thioether (sulfide) groups is 1. The number of H-pyrrole nitrogens is 1. The Morgan fingerprint density at radius 3 is 2.64 bits per heavy atom. The second-order valence-corrected chi connectivity index (χ2v) is 5.59. The van der Waals surface area contributed by atoms with Crippen molar-refractivity contribution in [3.63, 3.8) is 0 Å². The zero-order valence-electron chi connectivity index (χ0n) is 11.3. The quantitative estimate of drug-likeness (QED) is 0.554. The Morgan fingerprint density at radius 1 is 1.32 bits per heavy atom. The summed E-state index contributed by atoms with van der Waals surface area (Å²) < 4.78 is 0. The molecule has 0 aliphatic heterocycles. The van der Waals surface area contributed by atoms with E-state index in [9.17, 15) is 14.4 Å². The van der Waals surface area contributed by atoms with Crippen LogP contribution in [0.3, 0.4) is 0 Å². The number of aromatic nitrogens is 2. The number of hydrogen-bond acceptors (Lipinski definition) is 5. The van der Waals surface area contributed by atoms with Gasteiger partial charge < -0.3 is 20.9 Å². The van der Waals surface area contributed by atoms with Crippen LogP contribution in [0, 0.1) is 5.92 Å². The third-order valence-electron chi connectivity index (χ3n) is 2.94. The number of aliphatic carboxylic acids is 2. The van der Waals surface area contributed by atoms with Gasteiger partial charge in [-0.15, -0.1) is 0 Å². The molecule has 0 aliphatic carbocycles. The number of hydrogen-bond donors (Lipinski definition) is 4. The van der Waals surface area contributed by atoms with E-state index in [4.69, 9.17) is 15.9 Å². The average molecular weight is 323 g/mol. The molecule has 1 unspecified atom stereocenters. The molecule has 8 nitrogen and oxygen atoms in total. The van der Waals surface area contributed by atoms with Crippen molar-refractivity contribution >= 4 is 40.6 Å². The Morgan fingerprint density at radius 2 is 2.05 bits per heavy atom. The fourth-order valence-electron chi connectivity index (χ4n) is 1.82. The number of carbonyl (C=O) groups excluding carboxylic acids is 1. The van der Waals surface area contributed by atoms with E-state index < -0.39 is 30.2 Å². The Kier molecular flexibility index (Phi) is 4.66. The van der Waals surface area contributed by atoms with Crippen molar-refractivity contribution in [2.75, 3.05) is 5.75 Å². The van der Waals surface area contributed by atoms with Gasteiger partial charge >= 0.3 is 11.9 Å². The lowest BCUT2D eigenvalue weighted by atomic mass is 10.1. The lowest BCUT2D eigenvalue weighted by Gasteiger charge is -2.07. The molecule has 116 valence electrons. The molecule has 0 saturated carbocycles. The number of carboxylic acids is 2. The van der Waals surface area contributed by atoms with Gasteiger partial charge in [0.1, 0.15) is 0 Å². The summed E-state index contributed by atoms with van der Waals surface area (Å²) in [5.41, 5.74) is 6.74. The molecule has 0 aliphatic rings. The van der Waals surface area contributed by atoms with E-state index in [-0.39, 0.29) is 5.75 Å². The molecule has 1 amide bonds. The standard InChI is InChI=1S/C13H13N3O5S/c14-11(19)6-1-2-8-9(3-6)16-13(15-8)22-5-7(12(20)21)4-10(17)18/h1-3,7H,4-5H2,(H2,14,19)(H,15,16)(H,17,18)(H,20,21). The number of imidazole rings is 1. The average Bonchev–Trinajstić information content (AvgIpc) is 2.84. The highest BCUT2D eigenvalue weighted by Gasteiger charge is 2.21. The third kappa shape index (κ3) is 3.76. The number of rotatable bonds is 7. The number of primary amides is 1. The first-order valence-corrected chi connectivity index (χ1v) is 7.22. The van der Waals surface area contributed by atoms with Crippen LogP contribution < -0.4 is 5.73 Å². The van der Waals surface area contributed by atoms with E-state index in [2.05, 4.69) is 9.97 Å². The van der Waals surface area contributed by atoms with Gasteiger partial charge in [-0.2, -0.15) is 0 Å². The number of benzene rings is 1. The highest BCUT2D eigenvalue weighted by molar-refractivity contribution is 7.99. The SMILES string of the molecule is NC(=O)c1ccc2nc(SCC(CC(=O)O)C(=O)O)[nH]c2c1. The third-order valence-corrected chi connectivity index (χ3v) is 3.97. The molecule has 1 heterocycles. The first-order chi connectivity index (χ1) is 10.4. The number of aromatic amines is 1. The van der Waals surface area contributed by atoms with E-state index in [1.54, 1.807) is 18.2 Å². The first-order valence-electron chi connectivity index (χ1n) is 6.24. The molecule has 22 heavy (non-hydrogen) atoms. The molecule has 0 spiro atoms. The van der Waals surface area contributed by atoms with Gasteiger partial charge in [-0.05, 0) is 18.2 Å². The van der Waals surface area contributed by atoms with E-state index in [1.807, 2.05) is 0 Å². The van der Waals surface area contributed by atoms with Crippen molar-refractivity contribution in [3.05, 3.63) is 23.8 Å². The zero-order chi connectivity index (χ0) is 16.3. The molecule has 2 aromatic rings. The predicted molar refractivity (Wildman–Crippen MR) is 78.7 cm³/mol. The van der Waals surface area contributed by atoms with Crippen molar-refractivity contribution in [1.82, 2.24) is 9.97 Å². The number of nitrogens with two attached hydrogens (primary N) is 1. The maximum Gasteiger partial charge on any atom is 0.307 e. The maximum atomic E-state index is 11.1. The van der Waals surface area contributed by atoms with Crippen LogP contribution in [0.5, 0.6) is 0 Å². The molecule has 0 radical (unpaired) electrons. The van der Waals surface area contributed by atoms with Crippen LogP contribution in [0.1, 0.15) is 16.8 Å². The lowest BCUT2D eigenvalue weighted by molar-refractivity contribution is -0.147. The second kappa shape index (κ2) is 6.48. The summed E-state index contributed by atoms with van der Waals surface area (Å²) in [6.45, 7) is 0. The minimum absolute atomic E-state index is 0.0735. The van der Waals surface area contributed by atoms with Gasteiger partial charge in [0.15, 0.2) is 5.16 Å². The molecule has 9 heteroatoms. The van der Waals surface area contributed by atoms with E-state index >= 15 is 0 Å². The van der Waals surface area contributed by atoms with Crippen molar-refractivity contribution in [3.8, 4) is 0 Å². The second-order valence-electron chi connectivity index (χ2n) is 4.58. The van der Waals surface area contributed by atoms with Crippen LogP contribution in [0.2, 0.25) is 0 Å². The summed E-state index contributed by atoms with van der Waals surface area (Å²) in [5.74, 6) is -3.81. The summed E-state index contributed by atoms with van der Waals surface area (Å²) >= 11 is 1.11. The Balaban J connectivity index is 2.12. The molecule has 0 saturated heterocycles. The van der Waals surface area contributed by atoms with Crippen LogP contribution in [0.25, 0.3) is 11.0 Å². The number of fused-ring (bicyclic) bond motifs is 1. The van der Waals surface area contributed by atoms with Gasteiger partial charge in [0, 0.05) is 11.3 Å². The summed E-state index contributed by atoms with van der Waals surface area (Å²) in [6.07, 6.45) is -0.450. The normalized spacial score (nSPS) is 12.2. The first kappa shape index (κ1) is 15.8. The predicted octanol–water partition coefficient (Wildman–Crippen LogP) is 0.929. The highest BCUT2D eigenvalue weighted by Crippen LogP contribution is 2.23. The number of nitrogens with zero attached hydrogens (tertiary/aromatic N) is 1. The van der Waals surface area contributed by atoms with Gasteiger partial charge in [0.05, 0.1) is 23.4 Å². The molecular weight excluding hydrogens is 310 g/mol. The molecule has 5 N–H and O–H groups in total. The molecule has 1 atom stereocenters. The van der Waals surface area contributed by atoms with Gasteiger partial charge in [0.2, 0.25) is 5.91 Å². The van der Waals surface area contributed by atoms with Crippen molar-refractivity contribution in [2.24, 2.45) is 11.7 Å². The molecule has 0 bridgehead atoms. The Labute approximate surface area is 128 Å². The van der Waals surface area contributed by atoms with Gasteiger partial charge in [-0.25, -0.2) is 4.98 Å². The smallest absolute Gasteiger partial charge is 0.307 e. The minimum Gasteiger partial charge on any atom is -0.481 e. The monoisotopic (exact) mass is 323 g/mol. The van der Waals surface area contributed by atoms with Gasteiger partial charge in [-0.1, -0.05) is 11.8 Å². The summed E-state index contributed by atoms with van der Waals surface area (Å²) in [5, 5.41) is 18.1. The zero-order valence-corrected chi connectivity index (χ0v) is 12.1. The van der Waals surface area contributed by atoms with Crippen LogP contribution in [-0.2, 0) is 9.59 Å². The van der Waals surface area contributed by atoms with Gasteiger partial charge in [-0.3, -0.25) is 14.4 Å². The summed E-state index contributed by atoms with van der Waals surface area (Å²) in [6, 6.07) is 4.73. The molecule has 2 rings (SSSR count). The van der Waals surface area contributed by atoms with E-state index in [1.165, 1.54) is 0 Å². The van der Waals surface area contributed by atoms with Crippen LogP contribution in [-0.4, -0.2) is 43.8 Å².